The van der Waals surface area contributed by atoms with Gasteiger partial charge in [-0.05, 0) is 56.2 Å². The smallest absolute Gasteiger partial charge is 0.338 e. The number of esters is 1. The third kappa shape index (κ3) is 4.73. The van der Waals surface area contributed by atoms with Crippen molar-refractivity contribution in [2.75, 3.05) is 6.61 Å². The predicted octanol–water partition coefficient (Wildman–Crippen LogP) is 4.82. The molecule has 1 aliphatic heterocycles. The van der Waals surface area contributed by atoms with E-state index in [1.807, 2.05) is 62.4 Å². The van der Waals surface area contributed by atoms with Gasteiger partial charge in [0, 0.05) is 10.7 Å². The summed E-state index contributed by atoms with van der Waals surface area (Å²) in [4.78, 5) is 17.1. The van der Waals surface area contributed by atoms with Crippen molar-refractivity contribution < 1.29 is 14.3 Å². The quantitative estimate of drug-likeness (QED) is 0.709. The van der Waals surface area contributed by atoms with Crippen LogP contribution in [0.25, 0.3) is 0 Å². The average Bonchev–Trinajstić information content (AvgIpc) is 2.67. The van der Waals surface area contributed by atoms with Crippen molar-refractivity contribution in [1.29, 1.82) is 0 Å². The van der Waals surface area contributed by atoms with Crippen molar-refractivity contribution in [2.45, 2.75) is 33.4 Å². The van der Waals surface area contributed by atoms with Crippen LogP contribution in [0, 0.1) is 0 Å². The monoisotopic (exact) mass is 398 g/mol. The van der Waals surface area contributed by atoms with Crippen LogP contribution >= 0.6 is 11.6 Å². The van der Waals surface area contributed by atoms with E-state index in [2.05, 4.69) is 10.3 Å². The summed E-state index contributed by atoms with van der Waals surface area (Å²) in [5.74, 6) is 1.10. The van der Waals surface area contributed by atoms with Gasteiger partial charge in [-0.2, -0.15) is 0 Å². The first-order valence-electron chi connectivity index (χ1n) is 9.14. The highest BCUT2D eigenvalue weighted by atomic mass is 35.5. The van der Waals surface area contributed by atoms with Gasteiger partial charge in [-0.15, -0.1) is 0 Å². The van der Waals surface area contributed by atoms with Crippen molar-refractivity contribution in [3.05, 3.63) is 76.0 Å². The third-order valence-electron chi connectivity index (χ3n) is 4.36. The minimum Gasteiger partial charge on any atom is -0.489 e. The number of halogens is 1. The Hall–Kier alpha value is -2.79. The van der Waals surface area contributed by atoms with Gasteiger partial charge in [0.05, 0.1) is 18.0 Å². The van der Waals surface area contributed by atoms with Crippen LogP contribution in [0.4, 0.5) is 0 Å². The van der Waals surface area contributed by atoms with Gasteiger partial charge >= 0.3 is 5.97 Å². The number of amidine groups is 1. The van der Waals surface area contributed by atoms with E-state index in [1.54, 1.807) is 6.92 Å². The Kier molecular flexibility index (Phi) is 6.37. The molecule has 0 aromatic heterocycles. The molecule has 2 aromatic carbocycles. The Labute approximate surface area is 170 Å². The molecule has 0 aliphatic carbocycles. The number of nitrogens with one attached hydrogen (secondary N) is 1. The summed E-state index contributed by atoms with van der Waals surface area (Å²) < 4.78 is 11.2. The molecular weight excluding hydrogens is 376 g/mol. The SMILES string of the molecule is CCOC(=O)C1=C(C)NC(C)=NC1c1cccc(OCc2ccc(Cl)cc2)c1. The number of carbonyl (C=O) groups excluding carboxylic acids is 1. The molecule has 0 amide bonds. The number of hydrogen-bond donors (Lipinski definition) is 1. The Morgan fingerprint density at radius 2 is 1.93 bits per heavy atom. The molecule has 28 heavy (non-hydrogen) atoms. The molecule has 1 aliphatic rings. The summed E-state index contributed by atoms with van der Waals surface area (Å²) >= 11 is 5.92. The minimum atomic E-state index is -0.431. The lowest BCUT2D eigenvalue weighted by atomic mass is 9.96. The lowest BCUT2D eigenvalue weighted by Crippen LogP contribution is -2.30. The van der Waals surface area contributed by atoms with E-state index >= 15 is 0 Å². The number of allylic oxidation sites excluding steroid dienone is 1. The van der Waals surface area contributed by atoms with E-state index in [4.69, 9.17) is 21.1 Å². The molecule has 0 fully saturated rings. The predicted molar refractivity (Wildman–Crippen MR) is 111 cm³/mol. The first-order valence-corrected chi connectivity index (χ1v) is 9.52. The number of nitrogens with zero attached hydrogens (tertiary/aromatic N) is 1. The van der Waals surface area contributed by atoms with Crippen molar-refractivity contribution in [3.63, 3.8) is 0 Å². The van der Waals surface area contributed by atoms with E-state index in [0.717, 1.165) is 22.7 Å². The second-order valence-corrected chi connectivity index (χ2v) is 6.93. The number of rotatable bonds is 6. The molecule has 2 aromatic rings. The fraction of sp³-hybridized carbons (Fsp3) is 0.273. The van der Waals surface area contributed by atoms with E-state index in [9.17, 15) is 4.79 Å². The highest BCUT2D eigenvalue weighted by molar-refractivity contribution is 6.30. The largest absolute Gasteiger partial charge is 0.489 e. The number of aliphatic imine (C=N–C) groups is 1. The Morgan fingerprint density at radius 1 is 1.18 bits per heavy atom. The van der Waals surface area contributed by atoms with E-state index in [0.29, 0.717) is 29.6 Å². The molecule has 6 heteroatoms. The lowest BCUT2D eigenvalue weighted by molar-refractivity contribution is -0.138. The van der Waals surface area contributed by atoms with Crippen LogP contribution < -0.4 is 10.1 Å². The number of benzene rings is 2. The van der Waals surface area contributed by atoms with Crippen LogP contribution in [0.3, 0.4) is 0 Å². The lowest BCUT2D eigenvalue weighted by Gasteiger charge is -2.25. The maximum atomic E-state index is 12.5. The van der Waals surface area contributed by atoms with Gasteiger partial charge in [0.15, 0.2) is 0 Å². The van der Waals surface area contributed by atoms with Gasteiger partial charge < -0.3 is 14.8 Å². The van der Waals surface area contributed by atoms with Gasteiger partial charge in [-0.25, -0.2) is 4.79 Å². The molecule has 0 saturated heterocycles. The first-order chi connectivity index (χ1) is 13.5. The summed E-state index contributed by atoms with van der Waals surface area (Å²) in [7, 11) is 0. The molecule has 0 bridgehead atoms. The van der Waals surface area contributed by atoms with E-state index in [1.165, 1.54) is 0 Å². The summed E-state index contributed by atoms with van der Waals surface area (Å²) in [6.45, 7) is 6.26. The van der Waals surface area contributed by atoms with Gasteiger partial charge in [0.2, 0.25) is 0 Å². The molecule has 5 nitrogen and oxygen atoms in total. The average molecular weight is 399 g/mol. The van der Waals surface area contributed by atoms with Crippen LogP contribution in [0.1, 0.15) is 37.9 Å². The van der Waals surface area contributed by atoms with Crippen molar-refractivity contribution >= 4 is 23.4 Å². The standard InChI is InChI=1S/C22H23ClN2O3/c1-4-27-22(26)20-14(2)24-15(3)25-21(20)17-6-5-7-19(12-17)28-13-16-8-10-18(23)11-9-16/h5-12,21H,4,13H2,1-3H3,(H,24,25). The summed E-state index contributed by atoms with van der Waals surface area (Å²) in [5, 5.41) is 3.81. The molecule has 1 N–H and O–H groups in total. The molecule has 0 radical (unpaired) electrons. The van der Waals surface area contributed by atoms with E-state index in [-0.39, 0.29) is 5.97 Å². The number of carbonyl (C=O) groups is 1. The van der Waals surface area contributed by atoms with E-state index < -0.39 is 6.04 Å². The van der Waals surface area contributed by atoms with Crippen LogP contribution in [0.15, 0.2) is 64.8 Å². The van der Waals surface area contributed by atoms with Gasteiger partial charge in [-0.1, -0.05) is 35.9 Å². The second kappa shape index (κ2) is 8.93. The maximum absolute atomic E-state index is 12.5. The van der Waals surface area contributed by atoms with Crippen LogP contribution in [0.2, 0.25) is 5.02 Å². The number of ether oxygens (including phenoxy) is 2. The second-order valence-electron chi connectivity index (χ2n) is 6.49. The van der Waals surface area contributed by atoms with Gasteiger partial charge in [0.25, 0.3) is 0 Å². The fourth-order valence-electron chi connectivity index (χ4n) is 3.07. The third-order valence-corrected chi connectivity index (χ3v) is 4.61. The van der Waals surface area contributed by atoms with Crippen LogP contribution in [-0.4, -0.2) is 18.4 Å². The van der Waals surface area contributed by atoms with Crippen molar-refractivity contribution in [3.8, 4) is 5.75 Å². The molecule has 1 unspecified atom stereocenters. The van der Waals surface area contributed by atoms with Crippen molar-refractivity contribution in [2.24, 2.45) is 4.99 Å². The highest BCUT2D eigenvalue weighted by Crippen LogP contribution is 2.33. The number of hydrogen-bond acceptors (Lipinski definition) is 5. The summed E-state index contributed by atoms with van der Waals surface area (Å²) in [5.41, 5.74) is 3.16. The summed E-state index contributed by atoms with van der Waals surface area (Å²) in [6, 6.07) is 14.7. The maximum Gasteiger partial charge on any atom is 0.338 e. The minimum absolute atomic E-state index is 0.315. The molecule has 3 rings (SSSR count). The topological polar surface area (TPSA) is 59.9 Å². The molecule has 0 saturated carbocycles. The van der Waals surface area contributed by atoms with Crippen molar-refractivity contribution in [1.82, 2.24) is 5.32 Å². The Bertz CT molecular complexity index is 920. The molecule has 146 valence electrons. The Morgan fingerprint density at radius 3 is 2.64 bits per heavy atom. The molecule has 1 heterocycles. The highest BCUT2D eigenvalue weighted by Gasteiger charge is 2.29. The van der Waals surface area contributed by atoms with Crippen LogP contribution in [0.5, 0.6) is 5.75 Å². The fourth-order valence-corrected chi connectivity index (χ4v) is 3.20. The Balaban J connectivity index is 1.83. The first kappa shape index (κ1) is 20.0. The van der Waals surface area contributed by atoms with Crippen LogP contribution in [-0.2, 0) is 16.1 Å². The van der Waals surface area contributed by atoms with Gasteiger partial charge in [-0.3, -0.25) is 4.99 Å². The normalized spacial score (nSPS) is 16.3. The van der Waals surface area contributed by atoms with Gasteiger partial charge in [0.1, 0.15) is 18.4 Å². The zero-order chi connectivity index (χ0) is 20.1. The molecular formula is C22H23ClN2O3. The molecule has 0 spiro atoms. The molecule has 1 atom stereocenters. The summed E-state index contributed by atoms with van der Waals surface area (Å²) in [6.07, 6.45) is 0. The zero-order valence-corrected chi connectivity index (χ0v) is 16.9. The zero-order valence-electron chi connectivity index (χ0n) is 16.2.